The van der Waals surface area contributed by atoms with Crippen LogP contribution in [-0.2, 0) is 18.9 Å². The number of nitrogens with one attached hydrogen (secondary N) is 2. The van der Waals surface area contributed by atoms with Crippen LogP contribution in [0.15, 0.2) is 60.7 Å². The van der Waals surface area contributed by atoms with E-state index in [4.69, 9.17) is 37.2 Å². The fraction of sp³-hybridized carbons (Fsp3) is 0.344. The van der Waals surface area contributed by atoms with Crippen LogP contribution in [0.3, 0.4) is 0 Å². The number of carboxylic acid groups (broad SMARTS) is 1. The summed E-state index contributed by atoms with van der Waals surface area (Å²) in [5.74, 6) is -6.71. The van der Waals surface area contributed by atoms with Crippen molar-refractivity contribution in [2.75, 3.05) is 13.2 Å². The van der Waals surface area contributed by atoms with Crippen LogP contribution in [0.5, 0.6) is 17.2 Å². The largest absolute Gasteiger partial charge is 0.524 e. The lowest BCUT2D eigenvalue weighted by Crippen LogP contribution is -2.69. The number of amides is 2. The van der Waals surface area contributed by atoms with E-state index in [0.717, 1.165) is 12.1 Å². The molecule has 0 aromatic heterocycles. The van der Waals surface area contributed by atoms with Crippen molar-refractivity contribution in [3.63, 3.8) is 0 Å². The summed E-state index contributed by atoms with van der Waals surface area (Å²) in [7, 11) is -5.11. The molecule has 5 N–H and O–H groups in total. The van der Waals surface area contributed by atoms with Crippen LogP contribution >= 0.6 is 31.0 Å². The van der Waals surface area contributed by atoms with Gasteiger partial charge < -0.3 is 29.7 Å². The molecule has 49 heavy (non-hydrogen) atoms. The van der Waals surface area contributed by atoms with Crippen molar-refractivity contribution < 1.29 is 56.6 Å². The Balaban J connectivity index is 1.41. The highest BCUT2D eigenvalue weighted by molar-refractivity contribution is 7.46. The highest BCUT2D eigenvalue weighted by Gasteiger charge is 2.59. The van der Waals surface area contributed by atoms with Crippen LogP contribution in [0.25, 0.3) is 0 Å². The zero-order valence-electron chi connectivity index (χ0n) is 25.5. The van der Waals surface area contributed by atoms with Crippen LogP contribution < -0.4 is 24.6 Å². The number of fused-ring (bicyclic) bond motifs is 3. The summed E-state index contributed by atoms with van der Waals surface area (Å²) in [4.78, 5) is 58.6. The molecule has 2 bridgehead atoms. The molecule has 262 valence electrons. The average Bonchev–Trinajstić information content (AvgIpc) is 3.03. The number of carbonyl (C=O) groups is 3. The number of hydrogen-bond donors (Lipinski definition) is 5. The van der Waals surface area contributed by atoms with Gasteiger partial charge in [0.05, 0.1) is 16.0 Å². The topological polar surface area (TPSA) is 181 Å². The molecule has 6 rings (SSSR count). The third-order valence-corrected chi connectivity index (χ3v) is 9.92. The number of halogens is 4. The third-order valence-electron chi connectivity index (χ3n) is 8.87. The Morgan fingerprint density at radius 2 is 1.39 bits per heavy atom. The summed E-state index contributed by atoms with van der Waals surface area (Å²) < 4.78 is 55.3. The number of hydrogen-bond acceptors (Lipinski definition) is 7. The molecule has 3 fully saturated rings. The van der Waals surface area contributed by atoms with Crippen molar-refractivity contribution in [1.82, 2.24) is 10.6 Å². The molecule has 3 aromatic rings. The van der Waals surface area contributed by atoms with Gasteiger partial charge in [-0.1, -0.05) is 41.4 Å². The van der Waals surface area contributed by atoms with Crippen molar-refractivity contribution in [3.05, 3.63) is 87.9 Å². The van der Waals surface area contributed by atoms with Gasteiger partial charge in [0.15, 0.2) is 13.2 Å². The van der Waals surface area contributed by atoms with Gasteiger partial charge in [-0.2, -0.15) is 0 Å². The molecular formula is C32H31Cl2F2N2O10P. The first kappa shape index (κ1) is 36.3. The minimum absolute atomic E-state index is 0.0268. The summed E-state index contributed by atoms with van der Waals surface area (Å²) in [5.41, 5.74) is -2.17. The first-order valence-electron chi connectivity index (χ1n) is 14.9. The lowest BCUT2D eigenvalue weighted by Gasteiger charge is -2.59. The van der Waals surface area contributed by atoms with E-state index >= 15 is 0 Å². The average molecular weight is 743 g/mol. The first-order valence-corrected chi connectivity index (χ1v) is 17.2. The molecule has 2 amide bonds. The number of phosphoric acid groups is 1. The Morgan fingerprint density at radius 3 is 1.90 bits per heavy atom. The van der Waals surface area contributed by atoms with Crippen molar-refractivity contribution in [2.24, 2.45) is 5.92 Å². The molecular weight excluding hydrogens is 712 g/mol. The van der Waals surface area contributed by atoms with Crippen molar-refractivity contribution >= 4 is 48.8 Å². The van der Waals surface area contributed by atoms with Crippen molar-refractivity contribution in [2.45, 2.75) is 49.1 Å². The Kier molecular flexibility index (Phi) is 10.8. The highest BCUT2D eigenvalue weighted by atomic mass is 35.5. The summed E-state index contributed by atoms with van der Waals surface area (Å²) >= 11 is 11.4. The van der Waals surface area contributed by atoms with Gasteiger partial charge in [0.1, 0.15) is 28.9 Å². The monoisotopic (exact) mass is 742 g/mol. The summed E-state index contributed by atoms with van der Waals surface area (Å²) in [6.45, 7) is -1.03. The van der Waals surface area contributed by atoms with Crippen LogP contribution in [0.1, 0.15) is 43.6 Å². The van der Waals surface area contributed by atoms with Gasteiger partial charge >= 0.3 is 13.8 Å². The van der Waals surface area contributed by atoms with Gasteiger partial charge in [-0.05, 0) is 62.4 Å². The van der Waals surface area contributed by atoms with Crippen molar-refractivity contribution in [3.8, 4) is 17.2 Å². The van der Waals surface area contributed by atoms with E-state index in [9.17, 15) is 42.6 Å². The normalized spacial score (nSPS) is 22.1. The van der Waals surface area contributed by atoms with Gasteiger partial charge in [0.25, 0.3) is 11.8 Å². The van der Waals surface area contributed by atoms with Crippen LogP contribution in [0.2, 0.25) is 10.0 Å². The van der Waals surface area contributed by atoms with Crippen molar-refractivity contribution in [1.29, 1.82) is 0 Å². The van der Waals surface area contributed by atoms with Gasteiger partial charge in [0.2, 0.25) is 0 Å². The predicted octanol–water partition coefficient (Wildman–Crippen LogP) is 5.37. The quantitative estimate of drug-likeness (QED) is 0.143. The summed E-state index contributed by atoms with van der Waals surface area (Å²) in [6, 6.07) is 12.9. The molecule has 0 radical (unpaired) electrons. The number of phosphoric ester groups is 1. The van der Waals surface area contributed by atoms with Gasteiger partial charge in [-0.25, -0.2) is 13.3 Å². The molecule has 3 aliphatic rings. The Morgan fingerprint density at radius 1 is 0.857 bits per heavy atom. The van der Waals surface area contributed by atoms with E-state index in [-0.39, 0.29) is 52.1 Å². The first-order chi connectivity index (χ1) is 23.1. The van der Waals surface area contributed by atoms with Crippen LogP contribution in [0, 0.1) is 17.6 Å². The lowest BCUT2D eigenvalue weighted by molar-refractivity contribution is -0.146. The second kappa shape index (κ2) is 14.5. The Labute approximate surface area is 288 Å². The maximum absolute atomic E-state index is 13.9. The number of para-hydroxylation sites is 1. The minimum Gasteiger partial charge on any atom is -0.484 e. The molecule has 1 unspecified atom stereocenters. The molecule has 0 aliphatic heterocycles. The predicted molar refractivity (Wildman–Crippen MR) is 172 cm³/mol. The number of carboxylic acids is 1. The minimum atomic E-state index is -5.11. The zero-order chi connectivity index (χ0) is 35.6. The van der Waals surface area contributed by atoms with Gasteiger partial charge in [-0.15, -0.1) is 0 Å². The second-order valence-corrected chi connectivity index (χ2v) is 14.0. The second-order valence-electron chi connectivity index (χ2n) is 12.0. The lowest BCUT2D eigenvalue weighted by atomic mass is 9.52. The standard InChI is InChI=1S/C32H31Cl2F2N2O10P/c33-22-7-5-18(13-24(22)35)46-16-27(39)37-31-9-11-32(12-10-31,38-28(40)17-47-19-6-8-23(34)25(36)14-19)21(15-31)29(30(41)42)20-3-1-2-4-26(20)48-49(43,44)45/h1-8,13-14,21,29H,9-12,15-17H2,(H,37,39)(H,38,40)(H,41,42)(H2,43,44,45)/t21?,29-,31?,32?/m1/s1. The SMILES string of the molecule is O=C(COc1ccc(Cl)c(F)c1)NC12CCC(NC(=O)COc3ccc(Cl)c(F)c3)(CC1)C([C@H](C(=O)O)c1ccccc1OP(=O)(O)O)C2. The number of benzene rings is 3. The fourth-order valence-corrected chi connectivity index (χ4v) is 7.40. The maximum Gasteiger partial charge on any atom is 0.524 e. The molecule has 2 atom stereocenters. The number of aliphatic carboxylic acids is 1. The van der Waals surface area contributed by atoms with Crippen LogP contribution in [0.4, 0.5) is 8.78 Å². The van der Waals surface area contributed by atoms with E-state index in [0.29, 0.717) is 12.8 Å². The molecule has 0 saturated heterocycles. The summed E-state index contributed by atoms with van der Waals surface area (Å²) in [6.07, 6.45) is 1.07. The Hall–Kier alpha value is -3.94. The smallest absolute Gasteiger partial charge is 0.484 e. The summed E-state index contributed by atoms with van der Waals surface area (Å²) in [5, 5.41) is 16.3. The third kappa shape index (κ3) is 8.63. The zero-order valence-corrected chi connectivity index (χ0v) is 27.9. The van der Waals surface area contributed by atoms with E-state index in [2.05, 4.69) is 10.6 Å². The van der Waals surface area contributed by atoms with E-state index in [1.807, 2.05) is 0 Å². The molecule has 3 aromatic carbocycles. The fourth-order valence-electron chi connectivity index (χ4n) is 6.74. The van der Waals surface area contributed by atoms with Gasteiger partial charge in [0, 0.05) is 34.7 Å². The Bertz CT molecular complexity index is 1800. The molecule has 3 saturated carbocycles. The van der Waals surface area contributed by atoms with Crippen LogP contribution in [-0.4, -0.2) is 57.0 Å². The van der Waals surface area contributed by atoms with E-state index < -0.39 is 73.4 Å². The molecule has 12 nitrogen and oxygen atoms in total. The van der Waals surface area contributed by atoms with E-state index in [1.165, 1.54) is 48.5 Å². The highest BCUT2D eigenvalue weighted by Crippen LogP contribution is 2.56. The van der Waals surface area contributed by atoms with Gasteiger partial charge in [-0.3, -0.25) is 24.2 Å². The molecule has 0 heterocycles. The number of rotatable bonds is 13. The number of carbonyl (C=O) groups excluding carboxylic acids is 2. The molecule has 17 heteroatoms. The van der Waals surface area contributed by atoms with E-state index in [1.54, 1.807) is 0 Å². The maximum atomic E-state index is 13.9. The molecule has 0 spiro atoms. The molecule has 3 aliphatic carbocycles. The number of ether oxygens (including phenoxy) is 2.